The molecule has 0 aromatic heterocycles. The molecule has 0 aliphatic rings. The van der Waals surface area contributed by atoms with Crippen LogP contribution in [0.2, 0.25) is 0 Å². The largest absolute Gasteiger partial charge is 0.508 e. The van der Waals surface area contributed by atoms with Gasteiger partial charge >= 0.3 is 0 Å². The molecule has 0 heterocycles. The first-order valence-electron chi connectivity index (χ1n) is 23.9. The Bertz CT molecular complexity index is 3200. The second kappa shape index (κ2) is 19.6. The van der Waals surface area contributed by atoms with E-state index in [9.17, 15) is 20.4 Å². The fourth-order valence-corrected chi connectivity index (χ4v) is 10.1. The molecule has 10 rings (SSSR count). The van der Waals surface area contributed by atoms with Gasteiger partial charge in [0.25, 0.3) is 0 Å². The van der Waals surface area contributed by atoms with E-state index in [-0.39, 0.29) is 28.9 Å². The number of phenols is 4. The van der Waals surface area contributed by atoms with Crippen molar-refractivity contribution in [2.45, 2.75) is 38.5 Å². The smallest absolute Gasteiger partial charge is 0.127 e. The Kier molecular flexibility index (Phi) is 12.6. The van der Waals surface area contributed by atoms with Gasteiger partial charge in [0.2, 0.25) is 0 Å². The molecule has 0 aliphatic heterocycles. The first-order valence-corrected chi connectivity index (χ1v) is 23.9. The maximum absolute atomic E-state index is 12.4. The summed E-state index contributed by atoms with van der Waals surface area (Å²) in [5, 5.41) is 48.8. The minimum atomic E-state index is -0.433. The Morgan fingerprint density at radius 1 is 0.243 bits per heavy atom. The summed E-state index contributed by atoms with van der Waals surface area (Å²) in [7, 11) is 0. The molecule has 0 radical (unpaired) electrons. The van der Waals surface area contributed by atoms with E-state index in [1.807, 2.05) is 159 Å². The molecule has 0 fully saturated rings. The molecule has 4 heteroatoms. The molecule has 0 aliphatic carbocycles. The van der Waals surface area contributed by atoms with Crippen LogP contribution in [0.25, 0.3) is 66.8 Å². The van der Waals surface area contributed by atoms with Gasteiger partial charge in [0, 0.05) is 51.1 Å². The quantitative estimate of drug-likeness (QED) is 0.0984. The third-order valence-corrected chi connectivity index (χ3v) is 14.0. The second-order valence-electron chi connectivity index (χ2n) is 18.3. The van der Waals surface area contributed by atoms with E-state index in [0.717, 1.165) is 66.8 Å². The molecule has 0 saturated heterocycles. The summed E-state index contributed by atoms with van der Waals surface area (Å²) in [4.78, 5) is 0. The summed E-state index contributed by atoms with van der Waals surface area (Å²) in [6.07, 6.45) is 0. The van der Waals surface area contributed by atoms with Gasteiger partial charge < -0.3 is 20.4 Å². The van der Waals surface area contributed by atoms with Crippen LogP contribution >= 0.6 is 0 Å². The van der Waals surface area contributed by atoms with Gasteiger partial charge in [-0.25, -0.2) is 0 Å². The van der Waals surface area contributed by atoms with Crippen LogP contribution in [0.15, 0.2) is 231 Å². The lowest BCUT2D eigenvalue weighted by Crippen LogP contribution is -2.06. The molecule has 70 heavy (non-hydrogen) atoms. The molecule has 0 amide bonds. The fraction of sp³-hybridized carbons (Fsp3) is 0.0909. The van der Waals surface area contributed by atoms with Crippen molar-refractivity contribution >= 4 is 0 Å². The molecule has 2 atom stereocenters. The van der Waals surface area contributed by atoms with Crippen LogP contribution in [-0.4, -0.2) is 20.4 Å². The summed E-state index contributed by atoms with van der Waals surface area (Å²) < 4.78 is 0. The zero-order chi connectivity index (χ0) is 48.3. The summed E-state index contributed by atoms with van der Waals surface area (Å²) in [5.41, 5.74) is 15.6. The van der Waals surface area contributed by atoms with E-state index in [1.54, 1.807) is 0 Å². The zero-order valence-electron chi connectivity index (χ0n) is 39.5. The van der Waals surface area contributed by atoms with Crippen LogP contribution in [0.5, 0.6) is 23.0 Å². The predicted octanol–water partition coefficient (Wildman–Crippen LogP) is 17.0. The average Bonchev–Trinajstić information content (AvgIpc) is 3.41. The van der Waals surface area contributed by atoms with Crippen molar-refractivity contribution < 1.29 is 20.4 Å². The monoisotopic (exact) mass is 910 g/mol. The van der Waals surface area contributed by atoms with Gasteiger partial charge in [-0.15, -0.1) is 0 Å². The molecule has 0 saturated carbocycles. The van der Waals surface area contributed by atoms with Gasteiger partial charge in [-0.05, 0) is 103 Å². The normalized spacial score (nSPS) is 12.6. The lowest BCUT2D eigenvalue weighted by molar-refractivity contribution is 0.457. The van der Waals surface area contributed by atoms with E-state index in [4.69, 9.17) is 0 Å². The van der Waals surface area contributed by atoms with E-state index in [1.165, 1.54) is 0 Å². The van der Waals surface area contributed by atoms with Crippen molar-refractivity contribution in [3.63, 3.8) is 0 Å². The van der Waals surface area contributed by atoms with Crippen LogP contribution in [0, 0.1) is 0 Å². The van der Waals surface area contributed by atoms with Crippen LogP contribution < -0.4 is 0 Å². The predicted molar refractivity (Wildman–Crippen MR) is 288 cm³/mol. The van der Waals surface area contributed by atoms with E-state index in [2.05, 4.69) is 91.9 Å². The van der Waals surface area contributed by atoms with Gasteiger partial charge in [0.1, 0.15) is 23.0 Å². The number of hydrogen-bond donors (Lipinski definition) is 4. The molecule has 4 nitrogen and oxygen atoms in total. The van der Waals surface area contributed by atoms with Gasteiger partial charge in [0.05, 0.1) is 0 Å². The molecule has 4 N–H and O–H groups in total. The summed E-state index contributed by atoms with van der Waals surface area (Å²) in [5.74, 6) is -0.524. The Labute approximate surface area is 410 Å². The highest BCUT2D eigenvalue weighted by Crippen LogP contribution is 2.49. The van der Waals surface area contributed by atoms with E-state index < -0.39 is 11.8 Å². The van der Waals surface area contributed by atoms with E-state index in [0.29, 0.717) is 33.4 Å². The SMILES string of the molecule is CC(c1cc(-c2ccccc2)c(O)c(C(C)c2cc(-c3ccccc3)c(-c3ccccc3)cc2O)c1)c1cc(-c2ccccc2)c(O)c(C(C)c2cc(-c3ccccc3)c(-c3ccccc3)cc2O)c1. The molecule has 342 valence electrons. The Morgan fingerprint density at radius 3 is 0.757 bits per heavy atom. The Balaban J connectivity index is 1.13. The molecule has 10 aromatic rings. The van der Waals surface area contributed by atoms with E-state index >= 15 is 0 Å². The Hall–Kier alpha value is -8.60. The number of hydrogen-bond acceptors (Lipinski definition) is 4. The minimum absolute atomic E-state index is 0.144. The topological polar surface area (TPSA) is 80.9 Å². The first-order chi connectivity index (χ1) is 34.1. The van der Waals surface area contributed by atoms with Crippen molar-refractivity contribution in [2.24, 2.45) is 0 Å². The summed E-state index contributed by atoms with van der Waals surface area (Å²) in [6.45, 7) is 6.24. The van der Waals surface area contributed by atoms with Gasteiger partial charge in [-0.1, -0.05) is 215 Å². The number of phenolic OH excluding ortho intramolecular Hbond substituents is 4. The van der Waals surface area contributed by atoms with Gasteiger partial charge in [0.15, 0.2) is 0 Å². The lowest BCUT2D eigenvalue weighted by Gasteiger charge is -2.25. The lowest BCUT2D eigenvalue weighted by atomic mass is 9.80. The van der Waals surface area contributed by atoms with Gasteiger partial charge in [-0.2, -0.15) is 0 Å². The molecule has 10 aromatic carbocycles. The molecule has 0 spiro atoms. The highest BCUT2D eigenvalue weighted by Gasteiger charge is 2.27. The highest BCUT2D eigenvalue weighted by molar-refractivity contribution is 5.87. The summed E-state index contributed by atoms with van der Waals surface area (Å²) >= 11 is 0. The molecular formula is C66H54O4. The third-order valence-electron chi connectivity index (χ3n) is 14.0. The molecule has 0 bridgehead atoms. The maximum atomic E-state index is 12.4. The van der Waals surface area contributed by atoms with Crippen LogP contribution in [0.1, 0.15) is 71.9 Å². The number of rotatable bonds is 12. The fourth-order valence-electron chi connectivity index (χ4n) is 10.1. The number of aromatic hydroxyl groups is 4. The first kappa shape index (κ1) is 45.2. The number of benzene rings is 10. The van der Waals surface area contributed by atoms with Crippen molar-refractivity contribution in [1.82, 2.24) is 0 Å². The zero-order valence-corrected chi connectivity index (χ0v) is 39.5. The molecule has 2 unspecified atom stereocenters. The van der Waals surface area contributed by atoms with Crippen LogP contribution in [0.4, 0.5) is 0 Å². The maximum Gasteiger partial charge on any atom is 0.127 e. The standard InChI is InChI=1S/C66H54O4/c1-42(51-34-55(65(69)61(36-51)49-30-18-8-19-31-49)43(2)53-38-57(45-22-10-4-11-23-45)59(40-63(53)67)47-26-14-6-15-27-47)52-35-56(66(70)62(37-52)50-32-20-9-21-33-50)44(3)54-39-58(46-24-12-5-13-25-46)60(41-64(54)68)48-28-16-7-17-29-48/h4-44,67-70H,1-3H3. The average molecular weight is 911 g/mol. The second-order valence-corrected chi connectivity index (χ2v) is 18.3. The van der Waals surface area contributed by atoms with Crippen LogP contribution in [0.3, 0.4) is 0 Å². The van der Waals surface area contributed by atoms with Crippen molar-refractivity contribution in [3.05, 3.63) is 264 Å². The third kappa shape index (κ3) is 8.84. The Morgan fingerprint density at radius 2 is 0.486 bits per heavy atom. The highest BCUT2D eigenvalue weighted by atomic mass is 16.3. The minimum Gasteiger partial charge on any atom is -0.508 e. The van der Waals surface area contributed by atoms with Crippen LogP contribution in [-0.2, 0) is 0 Å². The van der Waals surface area contributed by atoms with Crippen molar-refractivity contribution in [2.75, 3.05) is 0 Å². The molecular weight excluding hydrogens is 857 g/mol. The van der Waals surface area contributed by atoms with Gasteiger partial charge in [-0.3, -0.25) is 0 Å². The van der Waals surface area contributed by atoms with Crippen molar-refractivity contribution in [1.29, 1.82) is 0 Å². The summed E-state index contributed by atoms with van der Waals surface area (Å²) in [6, 6.07) is 76.6. The van der Waals surface area contributed by atoms with Crippen molar-refractivity contribution in [3.8, 4) is 89.8 Å².